The Labute approximate surface area is 144 Å². The maximum atomic E-state index is 5.76. The van der Waals surface area contributed by atoms with Crippen molar-refractivity contribution in [2.24, 2.45) is 10.7 Å². The summed E-state index contributed by atoms with van der Waals surface area (Å²) in [5.41, 5.74) is 5.71. The number of nitrogens with zero attached hydrogens (tertiary/aromatic N) is 2. The van der Waals surface area contributed by atoms with Crippen molar-refractivity contribution in [1.29, 1.82) is 0 Å². The Kier molecular flexibility index (Phi) is 9.60. The van der Waals surface area contributed by atoms with E-state index in [1.165, 1.54) is 0 Å². The van der Waals surface area contributed by atoms with Gasteiger partial charge in [-0.05, 0) is 13.3 Å². The van der Waals surface area contributed by atoms with Crippen molar-refractivity contribution in [3.63, 3.8) is 0 Å². The summed E-state index contributed by atoms with van der Waals surface area (Å²) in [7, 11) is 0. The minimum atomic E-state index is -0.0436. The van der Waals surface area contributed by atoms with Crippen molar-refractivity contribution in [2.45, 2.75) is 46.1 Å². The number of nitrogens with two attached hydrogens (primary N) is 1. The zero-order chi connectivity index (χ0) is 15.0. The van der Waals surface area contributed by atoms with Crippen molar-refractivity contribution in [3.8, 4) is 0 Å². The molecule has 3 N–H and O–H groups in total. The van der Waals surface area contributed by atoms with Crippen LogP contribution in [0.25, 0.3) is 0 Å². The van der Waals surface area contributed by atoms with Gasteiger partial charge in [0, 0.05) is 25.2 Å². The van der Waals surface area contributed by atoms with Gasteiger partial charge in [-0.15, -0.1) is 24.0 Å². The maximum absolute atomic E-state index is 5.76. The Morgan fingerprint density at radius 3 is 2.76 bits per heavy atom. The zero-order valence-corrected chi connectivity index (χ0v) is 15.6. The maximum Gasteiger partial charge on any atom is 0.216 e. The van der Waals surface area contributed by atoms with E-state index in [-0.39, 0.29) is 29.4 Å². The highest BCUT2D eigenvalue weighted by Gasteiger charge is 2.18. The highest BCUT2D eigenvalue weighted by molar-refractivity contribution is 14.0. The van der Waals surface area contributed by atoms with Crippen molar-refractivity contribution < 1.29 is 9.15 Å². The summed E-state index contributed by atoms with van der Waals surface area (Å²) in [6.45, 7) is 10.8. The van der Waals surface area contributed by atoms with E-state index in [0.29, 0.717) is 18.4 Å². The first-order valence-electron chi connectivity index (χ1n) is 7.00. The molecule has 1 heterocycles. The molecule has 1 aromatic rings. The molecule has 0 aliphatic heterocycles. The average Bonchev–Trinajstić information content (AvgIpc) is 2.85. The van der Waals surface area contributed by atoms with Crippen LogP contribution < -0.4 is 11.1 Å². The molecule has 0 spiro atoms. The number of hydrogen-bond donors (Lipinski definition) is 2. The quantitative estimate of drug-likeness (QED) is 0.312. The van der Waals surface area contributed by atoms with E-state index >= 15 is 0 Å². The molecule has 0 fully saturated rings. The van der Waals surface area contributed by atoms with E-state index in [0.717, 1.165) is 31.9 Å². The average molecular weight is 410 g/mol. The summed E-state index contributed by atoms with van der Waals surface area (Å²) in [6, 6.07) is 0. The molecule has 21 heavy (non-hydrogen) atoms. The summed E-state index contributed by atoms with van der Waals surface area (Å²) >= 11 is 0. The van der Waals surface area contributed by atoms with Gasteiger partial charge in [-0.3, -0.25) is 0 Å². The lowest BCUT2D eigenvalue weighted by atomic mass is 9.94. The lowest BCUT2D eigenvalue weighted by molar-refractivity contribution is 0.145. The summed E-state index contributed by atoms with van der Waals surface area (Å²) in [5.74, 6) is 1.83. The third-order valence-electron chi connectivity index (χ3n) is 2.65. The first-order chi connectivity index (χ1) is 9.43. The second-order valence-corrected chi connectivity index (χ2v) is 5.55. The molecule has 0 atom stereocenters. The first kappa shape index (κ1) is 20.2. The van der Waals surface area contributed by atoms with E-state index in [1.807, 2.05) is 6.92 Å². The van der Waals surface area contributed by atoms with Gasteiger partial charge in [-0.1, -0.05) is 20.8 Å². The fourth-order valence-electron chi connectivity index (χ4n) is 1.47. The third-order valence-corrected chi connectivity index (χ3v) is 2.65. The van der Waals surface area contributed by atoms with Crippen LogP contribution in [-0.4, -0.2) is 30.7 Å². The molecule has 6 nitrogen and oxygen atoms in total. The Morgan fingerprint density at radius 2 is 2.19 bits per heavy atom. The highest BCUT2D eigenvalue weighted by Crippen LogP contribution is 2.22. The largest absolute Gasteiger partial charge is 0.443 e. The Bertz CT molecular complexity index is 427. The van der Waals surface area contributed by atoms with Crippen molar-refractivity contribution in [3.05, 3.63) is 17.8 Å². The second-order valence-electron chi connectivity index (χ2n) is 5.55. The number of halogens is 1. The van der Waals surface area contributed by atoms with Gasteiger partial charge < -0.3 is 20.2 Å². The Morgan fingerprint density at radius 1 is 1.48 bits per heavy atom. The standard InChI is InChI=1S/C14H26N4O2.HI/c1-5-19-8-6-7-16-13(15)18-10-12-17-9-11(20-12)14(2,3)4;/h9H,5-8,10H2,1-4H3,(H3,15,16,18);1H. The summed E-state index contributed by atoms with van der Waals surface area (Å²) in [4.78, 5) is 8.39. The minimum absolute atomic E-state index is 0. The topological polar surface area (TPSA) is 85.7 Å². The van der Waals surface area contributed by atoms with Crippen LogP contribution in [0.5, 0.6) is 0 Å². The van der Waals surface area contributed by atoms with E-state index in [4.69, 9.17) is 14.9 Å². The molecule has 0 unspecified atom stereocenters. The molecule has 1 aromatic heterocycles. The van der Waals surface area contributed by atoms with Crippen LogP contribution in [0.3, 0.4) is 0 Å². The SMILES string of the molecule is CCOCCCNC(N)=NCc1ncc(C(C)(C)C)o1.I. The van der Waals surface area contributed by atoms with Crippen molar-refractivity contribution >= 4 is 29.9 Å². The van der Waals surface area contributed by atoms with E-state index in [1.54, 1.807) is 6.20 Å². The lowest BCUT2D eigenvalue weighted by Gasteiger charge is -2.12. The fourth-order valence-corrected chi connectivity index (χ4v) is 1.47. The van der Waals surface area contributed by atoms with Crippen LogP contribution in [0.15, 0.2) is 15.6 Å². The molecule has 1 rings (SSSR count). The van der Waals surface area contributed by atoms with Crippen LogP contribution in [0.2, 0.25) is 0 Å². The summed E-state index contributed by atoms with van der Waals surface area (Å²) in [6.07, 6.45) is 2.65. The zero-order valence-electron chi connectivity index (χ0n) is 13.3. The molecule has 0 aliphatic rings. The van der Waals surface area contributed by atoms with Gasteiger partial charge >= 0.3 is 0 Å². The Balaban J connectivity index is 0.00000400. The normalized spacial score (nSPS) is 12.1. The molecule has 0 radical (unpaired) electrons. The predicted molar refractivity (Wildman–Crippen MR) is 95.1 cm³/mol. The third kappa shape index (κ3) is 8.25. The van der Waals surface area contributed by atoms with E-state index in [2.05, 4.69) is 36.1 Å². The van der Waals surface area contributed by atoms with E-state index < -0.39 is 0 Å². The number of oxazole rings is 1. The summed E-state index contributed by atoms with van der Waals surface area (Å²) in [5, 5.41) is 3.03. The number of hydrogen-bond acceptors (Lipinski definition) is 4. The minimum Gasteiger partial charge on any atom is -0.443 e. The van der Waals surface area contributed by atoms with Gasteiger partial charge in [-0.2, -0.15) is 0 Å². The van der Waals surface area contributed by atoms with Gasteiger partial charge in [-0.25, -0.2) is 9.98 Å². The smallest absolute Gasteiger partial charge is 0.216 e. The highest BCUT2D eigenvalue weighted by atomic mass is 127. The van der Waals surface area contributed by atoms with Gasteiger partial charge in [0.25, 0.3) is 0 Å². The molecule has 0 saturated heterocycles. The number of ether oxygens (including phenoxy) is 1. The molecule has 0 saturated carbocycles. The van der Waals surface area contributed by atoms with Crippen molar-refractivity contribution in [2.75, 3.05) is 19.8 Å². The first-order valence-corrected chi connectivity index (χ1v) is 7.00. The van der Waals surface area contributed by atoms with Gasteiger partial charge in [0.15, 0.2) is 5.96 Å². The van der Waals surface area contributed by atoms with Crippen LogP contribution in [0.4, 0.5) is 0 Å². The number of aliphatic imine (C=N–C) groups is 1. The molecule has 0 aliphatic carbocycles. The van der Waals surface area contributed by atoms with Crippen LogP contribution in [-0.2, 0) is 16.7 Å². The van der Waals surface area contributed by atoms with E-state index in [9.17, 15) is 0 Å². The van der Waals surface area contributed by atoms with Crippen LogP contribution >= 0.6 is 24.0 Å². The van der Waals surface area contributed by atoms with Gasteiger partial charge in [0.05, 0.1) is 6.20 Å². The number of nitrogens with one attached hydrogen (secondary N) is 1. The molecule has 0 aromatic carbocycles. The lowest BCUT2D eigenvalue weighted by Crippen LogP contribution is -2.32. The second kappa shape index (κ2) is 9.99. The number of aromatic nitrogens is 1. The van der Waals surface area contributed by atoms with Crippen LogP contribution in [0, 0.1) is 0 Å². The monoisotopic (exact) mass is 410 g/mol. The predicted octanol–water partition coefficient (Wildman–Crippen LogP) is 2.42. The van der Waals surface area contributed by atoms with Gasteiger partial charge in [0.2, 0.25) is 5.89 Å². The molecular weight excluding hydrogens is 383 g/mol. The molecule has 0 bridgehead atoms. The fraction of sp³-hybridized carbons (Fsp3) is 0.714. The molecule has 122 valence electrons. The summed E-state index contributed by atoms with van der Waals surface area (Å²) < 4.78 is 10.9. The molecule has 0 amide bonds. The Hall–Kier alpha value is -0.830. The number of rotatable bonds is 7. The number of guanidine groups is 1. The van der Waals surface area contributed by atoms with Gasteiger partial charge in [0.1, 0.15) is 12.3 Å². The molecule has 7 heteroatoms. The van der Waals surface area contributed by atoms with Crippen LogP contribution in [0.1, 0.15) is 45.8 Å². The van der Waals surface area contributed by atoms with Crippen molar-refractivity contribution in [1.82, 2.24) is 10.3 Å². The molecular formula is C14H27IN4O2.